The Hall–Kier alpha value is -1.15. The third-order valence-electron chi connectivity index (χ3n) is 2.38. The number of hydrogen-bond donors (Lipinski definition) is 2. The summed E-state index contributed by atoms with van der Waals surface area (Å²) in [7, 11) is -3.31. The van der Waals surface area contributed by atoms with E-state index in [1.807, 2.05) is 6.92 Å². The number of carboxylic acids is 1. The van der Waals surface area contributed by atoms with E-state index in [1.165, 1.54) is 11.3 Å². The van der Waals surface area contributed by atoms with Crippen molar-refractivity contribution in [2.24, 2.45) is 0 Å². The van der Waals surface area contributed by atoms with E-state index in [2.05, 4.69) is 9.71 Å². The van der Waals surface area contributed by atoms with Crippen LogP contribution in [0.15, 0.2) is 5.38 Å². The predicted molar refractivity (Wildman–Crippen MR) is 75.0 cm³/mol. The van der Waals surface area contributed by atoms with Crippen molar-refractivity contribution < 1.29 is 18.3 Å². The van der Waals surface area contributed by atoms with E-state index in [9.17, 15) is 13.2 Å². The number of aryl methyl sites for hydroxylation is 1. The molecule has 0 atom stereocenters. The van der Waals surface area contributed by atoms with Crippen molar-refractivity contribution in [3.8, 4) is 0 Å². The molecule has 0 aliphatic rings. The quantitative estimate of drug-likeness (QED) is 0.728. The molecule has 0 saturated carbocycles. The van der Waals surface area contributed by atoms with Gasteiger partial charge in [-0.1, -0.05) is 13.3 Å². The Labute approximate surface area is 116 Å². The van der Waals surface area contributed by atoms with Crippen LogP contribution in [0.1, 0.15) is 38.3 Å². The van der Waals surface area contributed by atoms with Gasteiger partial charge >= 0.3 is 5.97 Å². The zero-order valence-electron chi connectivity index (χ0n) is 10.8. The largest absolute Gasteiger partial charge is 0.481 e. The fourth-order valence-electron chi connectivity index (χ4n) is 1.41. The van der Waals surface area contributed by atoms with Gasteiger partial charge in [0.25, 0.3) is 0 Å². The molecule has 108 valence electrons. The van der Waals surface area contributed by atoms with Crippen LogP contribution in [-0.2, 0) is 21.2 Å². The molecular weight excluding hydrogens is 288 g/mol. The van der Waals surface area contributed by atoms with Gasteiger partial charge in [-0.3, -0.25) is 9.52 Å². The summed E-state index contributed by atoms with van der Waals surface area (Å²) in [6, 6.07) is 0. The number of hydrogen-bond acceptors (Lipinski definition) is 5. The number of thiazole rings is 1. The first-order valence-electron chi connectivity index (χ1n) is 6.09. The number of carbonyl (C=O) groups is 1. The lowest BCUT2D eigenvalue weighted by Gasteiger charge is -2.03. The highest BCUT2D eigenvalue weighted by Crippen LogP contribution is 2.18. The molecule has 0 fully saturated rings. The number of anilines is 1. The topological polar surface area (TPSA) is 96.4 Å². The number of sulfonamides is 1. The Kier molecular flexibility index (Phi) is 6.23. The number of aromatic nitrogens is 1. The van der Waals surface area contributed by atoms with Gasteiger partial charge in [0.2, 0.25) is 10.0 Å². The summed E-state index contributed by atoms with van der Waals surface area (Å²) in [6.45, 7) is 1.93. The Bertz CT molecular complexity index is 511. The molecule has 0 unspecified atom stereocenters. The summed E-state index contributed by atoms with van der Waals surface area (Å²) in [4.78, 5) is 14.5. The third-order valence-corrected chi connectivity index (χ3v) is 4.65. The molecule has 1 aromatic rings. The molecule has 0 radical (unpaired) electrons. The van der Waals surface area contributed by atoms with Crippen LogP contribution in [0, 0.1) is 0 Å². The van der Waals surface area contributed by atoms with E-state index < -0.39 is 16.0 Å². The summed E-state index contributed by atoms with van der Waals surface area (Å²) in [5.41, 5.74) is 0.722. The van der Waals surface area contributed by atoms with Gasteiger partial charge in [-0.25, -0.2) is 13.4 Å². The average molecular weight is 306 g/mol. The van der Waals surface area contributed by atoms with Gasteiger partial charge in [0.05, 0.1) is 11.4 Å². The number of nitrogens with one attached hydrogen (secondary N) is 1. The molecule has 2 N–H and O–H groups in total. The van der Waals surface area contributed by atoms with Gasteiger partial charge < -0.3 is 5.11 Å². The van der Waals surface area contributed by atoms with Crippen molar-refractivity contribution in [2.75, 3.05) is 10.5 Å². The van der Waals surface area contributed by atoms with Crippen LogP contribution in [0.4, 0.5) is 5.13 Å². The van der Waals surface area contributed by atoms with Crippen LogP contribution in [0.3, 0.4) is 0 Å². The highest BCUT2D eigenvalue weighted by atomic mass is 32.2. The normalized spacial score (nSPS) is 11.4. The van der Waals surface area contributed by atoms with Crippen molar-refractivity contribution in [1.82, 2.24) is 4.98 Å². The lowest BCUT2D eigenvalue weighted by Crippen LogP contribution is -2.16. The minimum Gasteiger partial charge on any atom is -0.481 e. The van der Waals surface area contributed by atoms with Crippen LogP contribution < -0.4 is 4.72 Å². The maximum absolute atomic E-state index is 11.6. The number of nitrogens with zero attached hydrogens (tertiary/aromatic N) is 1. The van der Waals surface area contributed by atoms with E-state index in [4.69, 9.17) is 5.11 Å². The maximum atomic E-state index is 11.6. The summed E-state index contributed by atoms with van der Waals surface area (Å²) < 4.78 is 25.7. The molecule has 8 heteroatoms. The molecule has 1 heterocycles. The zero-order chi connectivity index (χ0) is 14.3. The van der Waals surface area contributed by atoms with E-state index in [0.29, 0.717) is 24.4 Å². The van der Waals surface area contributed by atoms with Crippen molar-refractivity contribution in [3.63, 3.8) is 0 Å². The van der Waals surface area contributed by atoms with Crippen LogP contribution in [0.5, 0.6) is 0 Å². The summed E-state index contributed by atoms with van der Waals surface area (Å²) in [5.74, 6) is -0.743. The standard InChI is InChI=1S/C11H18N2O4S2/c1-2-3-7-19(16,17)13-11-12-9(8-18-11)5-4-6-10(14)15/h8H,2-7H2,1H3,(H,12,13)(H,14,15). The van der Waals surface area contributed by atoms with Crippen LogP contribution >= 0.6 is 11.3 Å². The molecular formula is C11H18N2O4S2. The molecule has 0 spiro atoms. The second kappa shape index (κ2) is 7.44. The number of carboxylic acid groups (broad SMARTS) is 1. The van der Waals surface area contributed by atoms with Gasteiger partial charge in [-0.05, 0) is 19.3 Å². The summed E-state index contributed by atoms with van der Waals surface area (Å²) in [5, 5.41) is 10.6. The Morgan fingerprint density at radius 2 is 2.21 bits per heavy atom. The minimum atomic E-state index is -3.31. The first-order chi connectivity index (χ1) is 8.93. The molecule has 1 rings (SSSR count). The summed E-state index contributed by atoms with van der Waals surface area (Å²) >= 11 is 1.22. The lowest BCUT2D eigenvalue weighted by molar-refractivity contribution is -0.137. The molecule has 0 bridgehead atoms. The molecule has 0 aromatic carbocycles. The van der Waals surface area contributed by atoms with Gasteiger partial charge in [0, 0.05) is 11.8 Å². The average Bonchev–Trinajstić information content (AvgIpc) is 2.73. The van der Waals surface area contributed by atoms with Crippen molar-refractivity contribution in [2.45, 2.75) is 39.0 Å². The fourth-order valence-corrected chi connectivity index (χ4v) is 3.65. The fraction of sp³-hybridized carbons (Fsp3) is 0.636. The molecule has 19 heavy (non-hydrogen) atoms. The van der Waals surface area contributed by atoms with Crippen LogP contribution in [0.25, 0.3) is 0 Å². The SMILES string of the molecule is CCCCS(=O)(=O)Nc1nc(CCCC(=O)O)cs1. The molecule has 0 aliphatic heterocycles. The summed E-state index contributed by atoms with van der Waals surface area (Å²) in [6.07, 6.45) is 2.57. The van der Waals surface area contributed by atoms with Crippen LogP contribution in [0.2, 0.25) is 0 Å². The minimum absolute atomic E-state index is 0.0923. The van der Waals surface area contributed by atoms with E-state index in [1.54, 1.807) is 5.38 Å². The Morgan fingerprint density at radius 3 is 2.84 bits per heavy atom. The van der Waals surface area contributed by atoms with E-state index >= 15 is 0 Å². The molecule has 0 aliphatic carbocycles. The molecule has 0 saturated heterocycles. The van der Waals surface area contributed by atoms with Crippen molar-refractivity contribution >= 4 is 32.5 Å². The second-order valence-electron chi connectivity index (χ2n) is 4.17. The third kappa shape index (κ3) is 6.53. The van der Waals surface area contributed by atoms with Gasteiger partial charge in [0.15, 0.2) is 5.13 Å². The Morgan fingerprint density at radius 1 is 1.47 bits per heavy atom. The van der Waals surface area contributed by atoms with Gasteiger partial charge in [0.1, 0.15) is 0 Å². The predicted octanol–water partition coefficient (Wildman–Crippen LogP) is 2.09. The molecule has 0 amide bonds. The van der Waals surface area contributed by atoms with Gasteiger partial charge in [-0.15, -0.1) is 11.3 Å². The lowest BCUT2D eigenvalue weighted by atomic mass is 10.2. The first-order valence-corrected chi connectivity index (χ1v) is 8.63. The Balaban J connectivity index is 2.48. The molecule has 6 nitrogen and oxygen atoms in total. The van der Waals surface area contributed by atoms with E-state index in [-0.39, 0.29) is 12.2 Å². The van der Waals surface area contributed by atoms with Crippen molar-refractivity contribution in [3.05, 3.63) is 11.1 Å². The number of unbranched alkanes of at least 4 members (excludes halogenated alkanes) is 1. The van der Waals surface area contributed by atoms with Crippen LogP contribution in [-0.4, -0.2) is 30.2 Å². The zero-order valence-corrected chi connectivity index (χ0v) is 12.4. The monoisotopic (exact) mass is 306 g/mol. The second-order valence-corrected chi connectivity index (χ2v) is 6.87. The van der Waals surface area contributed by atoms with Gasteiger partial charge in [-0.2, -0.15) is 0 Å². The van der Waals surface area contributed by atoms with Crippen molar-refractivity contribution in [1.29, 1.82) is 0 Å². The molecule has 1 aromatic heterocycles. The number of aliphatic carboxylic acids is 1. The highest BCUT2D eigenvalue weighted by Gasteiger charge is 2.12. The first kappa shape index (κ1) is 15.9. The maximum Gasteiger partial charge on any atom is 0.303 e. The highest BCUT2D eigenvalue weighted by molar-refractivity contribution is 7.92. The number of rotatable bonds is 9. The van der Waals surface area contributed by atoms with E-state index in [0.717, 1.165) is 12.1 Å². The smallest absolute Gasteiger partial charge is 0.303 e.